The minimum Gasteiger partial charge on any atom is -0.493 e. The van der Waals surface area contributed by atoms with Gasteiger partial charge in [-0.1, -0.05) is 67.1 Å². The van der Waals surface area contributed by atoms with Gasteiger partial charge in [0.25, 0.3) is 0 Å². The maximum absolute atomic E-state index is 12.1. The van der Waals surface area contributed by atoms with E-state index in [1.807, 2.05) is 79.7 Å². The van der Waals surface area contributed by atoms with Gasteiger partial charge in [0.1, 0.15) is 5.82 Å². The van der Waals surface area contributed by atoms with Gasteiger partial charge in [0.2, 0.25) is 5.91 Å². The molecule has 1 aromatic heterocycles. The first-order valence-corrected chi connectivity index (χ1v) is 14.6. The van der Waals surface area contributed by atoms with Gasteiger partial charge in [0, 0.05) is 25.6 Å². The van der Waals surface area contributed by atoms with E-state index in [9.17, 15) is 4.79 Å². The smallest absolute Gasteiger partial charge is 0.243 e. The maximum atomic E-state index is 12.1. The van der Waals surface area contributed by atoms with Crippen LogP contribution in [0.4, 0.5) is 0 Å². The summed E-state index contributed by atoms with van der Waals surface area (Å²) in [7, 11) is 1.67. The largest absolute Gasteiger partial charge is 0.493 e. The Kier molecular flexibility index (Phi) is 11.6. The molecule has 0 aliphatic carbocycles. The van der Waals surface area contributed by atoms with E-state index in [0.717, 1.165) is 79.0 Å². The zero-order chi connectivity index (χ0) is 28.7. The van der Waals surface area contributed by atoms with Crippen molar-refractivity contribution in [1.82, 2.24) is 14.9 Å². The third-order valence-electron chi connectivity index (χ3n) is 6.92. The standard InChI is InChI=1S/C35H41N3O3/c1-3-14-29-20-22-32(33(27-29)40-2)41-26-13-12-25-38-31-18-10-9-17-30(31)37-34(38)19-8-5-11-24-36-35(39)23-21-28-15-6-4-7-16-28/h3-4,6-7,9-10,14-18,20-23,27H,5,8,11-13,19,24-26H2,1-2H3,(H,36,39)/b14-3+,23-21+. The lowest BCUT2D eigenvalue weighted by Crippen LogP contribution is -2.22. The Balaban J connectivity index is 1.21. The van der Waals surface area contributed by atoms with Crippen molar-refractivity contribution < 1.29 is 14.3 Å². The molecule has 214 valence electrons. The first-order chi connectivity index (χ1) is 20.2. The van der Waals surface area contributed by atoms with E-state index in [1.54, 1.807) is 13.2 Å². The second-order valence-corrected chi connectivity index (χ2v) is 9.98. The van der Waals surface area contributed by atoms with E-state index in [-0.39, 0.29) is 5.91 Å². The van der Waals surface area contributed by atoms with E-state index < -0.39 is 0 Å². The number of ether oxygens (including phenoxy) is 2. The van der Waals surface area contributed by atoms with Gasteiger partial charge in [0.05, 0.1) is 24.8 Å². The number of nitrogens with zero attached hydrogens (tertiary/aromatic N) is 2. The fourth-order valence-electron chi connectivity index (χ4n) is 4.81. The quantitative estimate of drug-likeness (QED) is 0.116. The average molecular weight is 552 g/mol. The van der Waals surface area contributed by atoms with Crippen molar-refractivity contribution in [3.05, 3.63) is 102 Å². The summed E-state index contributed by atoms with van der Waals surface area (Å²) >= 11 is 0. The second kappa shape index (κ2) is 16.1. The second-order valence-electron chi connectivity index (χ2n) is 9.98. The van der Waals surface area contributed by atoms with Crippen LogP contribution in [0.1, 0.15) is 56.0 Å². The molecule has 3 aromatic carbocycles. The highest BCUT2D eigenvalue weighted by Gasteiger charge is 2.11. The van der Waals surface area contributed by atoms with Crippen molar-refractivity contribution in [3.63, 3.8) is 0 Å². The van der Waals surface area contributed by atoms with Crippen LogP contribution in [0.3, 0.4) is 0 Å². The lowest BCUT2D eigenvalue weighted by atomic mass is 10.2. The Morgan fingerprint density at radius 2 is 1.71 bits per heavy atom. The number of hydrogen-bond acceptors (Lipinski definition) is 4. The van der Waals surface area contributed by atoms with Gasteiger partial charge in [-0.15, -0.1) is 0 Å². The van der Waals surface area contributed by atoms with Crippen LogP contribution in [-0.2, 0) is 17.8 Å². The highest BCUT2D eigenvalue weighted by molar-refractivity contribution is 5.91. The predicted molar refractivity (Wildman–Crippen MR) is 168 cm³/mol. The molecule has 0 saturated carbocycles. The molecule has 0 unspecified atom stereocenters. The van der Waals surface area contributed by atoms with Crippen molar-refractivity contribution in [2.24, 2.45) is 0 Å². The summed E-state index contributed by atoms with van der Waals surface area (Å²) in [5.74, 6) is 2.61. The molecule has 6 heteroatoms. The highest BCUT2D eigenvalue weighted by Crippen LogP contribution is 2.29. The first-order valence-electron chi connectivity index (χ1n) is 14.6. The van der Waals surface area contributed by atoms with E-state index in [4.69, 9.17) is 14.5 Å². The number of methoxy groups -OCH3 is 1. The van der Waals surface area contributed by atoms with Crippen molar-refractivity contribution in [1.29, 1.82) is 0 Å². The molecule has 0 aliphatic rings. The summed E-state index contributed by atoms with van der Waals surface area (Å²) in [5, 5.41) is 2.98. The monoisotopic (exact) mass is 551 g/mol. The molecular weight excluding hydrogens is 510 g/mol. The van der Waals surface area contributed by atoms with Crippen LogP contribution < -0.4 is 14.8 Å². The molecule has 4 aromatic rings. The molecule has 0 bridgehead atoms. The number of amides is 1. The molecule has 0 radical (unpaired) electrons. The first kappa shape index (κ1) is 29.7. The Labute approximate surface area is 243 Å². The number of fused-ring (bicyclic) bond motifs is 1. The molecule has 0 fully saturated rings. The third-order valence-corrected chi connectivity index (χ3v) is 6.92. The average Bonchev–Trinajstić information content (AvgIpc) is 3.36. The third kappa shape index (κ3) is 9.10. The van der Waals surface area contributed by atoms with Crippen LogP contribution in [0, 0.1) is 0 Å². The molecule has 0 aliphatic heterocycles. The molecule has 1 heterocycles. The van der Waals surface area contributed by atoms with Crippen LogP contribution in [-0.4, -0.2) is 35.7 Å². The normalized spacial score (nSPS) is 11.5. The van der Waals surface area contributed by atoms with Crippen LogP contribution >= 0.6 is 0 Å². The maximum Gasteiger partial charge on any atom is 0.243 e. The van der Waals surface area contributed by atoms with Crippen LogP contribution in [0.25, 0.3) is 23.2 Å². The highest BCUT2D eigenvalue weighted by atomic mass is 16.5. The predicted octanol–water partition coefficient (Wildman–Crippen LogP) is 7.48. The summed E-state index contributed by atoms with van der Waals surface area (Å²) in [5.41, 5.74) is 4.34. The van der Waals surface area contributed by atoms with Crippen molar-refractivity contribution >= 4 is 29.1 Å². The summed E-state index contributed by atoms with van der Waals surface area (Å²) < 4.78 is 13.9. The minimum atomic E-state index is -0.0521. The number of allylic oxidation sites excluding steroid dienone is 1. The number of carbonyl (C=O) groups excluding carboxylic acids is 1. The van der Waals surface area contributed by atoms with E-state index >= 15 is 0 Å². The summed E-state index contributed by atoms with van der Waals surface area (Å²) in [6, 6.07) is 24.2. The topological polar surface area (TPSA) is 65.4 Å². The molecule has 1 amide bonds. The number of nitrogens with one attached hydrogen (secondary N) is 1. The number of aromatic nitrogens is 2. The van der Waals surface area contributed by atoms with E-state index in [0.29, 0.717) is 13.2 Å². The molecule has 4 rings (SSSR count). The van der Waals surface area contributed by atoms with Crippen molar-refractivity contribution in [3.8, 4) is 11.5 Å². The minimum absolute atomic E-state index is 0.0521. The summed E-state index contributed by atoms with van der Waals surface area (Å²) in [6.07, 6.45) is 13.4. The molecule has 41 heavy (non-hydrogen) atoms. The zero-order valence-electron chi connectivity index (χ0n) is 24.2. The molecule has 0 spiro atoms. The van der Waals surface area contributed by atoms with Gasteiger partial charge in [-0.3, -0.25) is 4.79 Å². The molecule has 0 atom stereocenters. The van der Waals surface area contributed by atoms with Gasteiger partial charge in [-0.25, -0.2) is 4.98 Å². The van der Waals surface area contributed by atoms with Gasteiger partial charge in [-0.2, -0.15) is 0 Å². The van der Waals surface area contributed by atoms with Gasteiger partial charge < -0.3 is 19.4 Å². The number of carbonyl (C=O) groups is 1. The van der Waals surface area contributed by atoms with Gasteiger partial charge >= 0.3 is 0 Å². The lowest BCUT2D eigenvalue weighted by Gasteiger charge is -2.12. The van der Waals surface area contributed by atoms with Crippen LogP contribution in [0.2, 0.25) is 0 Å². The van der Waals surface area contributed by atoms with Crippen molar-refractivity contribution in [2.45, 2.75) is 52.0 Å². The number of rotatable bonds is 16. The Hall–Kier alpha value is -4.32. The Morgan fingerprint density at radius 3 is 2.54 bits per heavy atom. The molecule has 0 saturated heterocycles. The fourth-order valence-corrected chi connectivity index (χ4v) is 4.81. The van der Waals surface area contributed by atoms with E-state index in [2.05, 4.69) is 28.1 Å². The Bertz CT molecular complexity index is 1440. The van der Waals surface area contributed by atoms with Crippen LogP contribution in [0.5, 0.6) is 11.5 Å². The van der Waals surface area contributed by atoms with E-state index in [1.165, 1.54) is 5.52 Å². The summed E-state index contributed by atoms with van der Waals surface area (Å²) in [6.45, 7) is 4.21. The number of imidazole rings is 1. The van der Waals surface area contributed by atoms with Crippen LogP contribution in [0.15, 0.2) is 84.9 Å². The fraction of sp³-hybridized carbons (Fsp3) is 0.314. The number of benzene rings is 3. The zero-order valence-corrected chi connectivity index (χ0v) is 24.2. The number of aryl methyl sites for hydroxylation is 2. The molecular formula is C35H41N3O3. The number of hydrogen-bond donors (Lipinski definition) is 1. The Morgan fingerprint density at radius 1 is 0.878 bits per heavy atom. The van der Waals surface area contributed by atoms with Crippen molar-refractivity contribution in [2.75, 3.05) is 20.3 Å². The number of para-hydroxylation sites is 2. The molecule has 1 N–H and O–H groups in total. The summed E-state index contributed by atoms with van der Waals surface area (Å²) in [4.78, 5) is 17.0. The lowest BCUT2D eigenvalue weighted by molar-refractivity contribution is -0.116. The van der Waals surface area contributed by atoms with Gasteiger partial charge in [-0.05, 0) is 74.1 Å². The SMILES string of the molecule is C/C=C/c1ccc(OCCCCn2c(CCCCCNC(=O)/C=C/c3ccccc3)nc3ccccc32)c(OC)c1. The van der Waals surface area contributed by atoms with Gasteiger partial charge in [0.15, 0.2) is 11.5 Å². The number of unbranched alkanes of at least 4 members (excludes halogenated alkanes) is 3. The molecule has 6 nitrogen and oxygen atoms in total.